The first-order valence-corrected chi connectivity index (χ1v) is 5.20. The molecule has 0 aromatic carbocycles. The Balaban J connectivity index is 2.71. The number of nitrogens with two attached hydrogens (primary N) is 1. The Bertz CT molecular complexity index is 421. The predicted octanol–water partition coefficient (Wildman–Crippen LogP) is 1.57. The quantitative estimate of drug-likeness (QED) is 0.867. The third-order valence-corrected chi connectivity index (χ3v) is 2.03. The fourth-order valence-corrected chi connectivity index (χ4v) is 1.09. The number of nitrogens with one attached hydrogen (secondary N) is 1. The summed E-state index contributed by atoms with van der Waals surface area (Å²) >= 11 is 0. The third kappa shape index (κ3) is 4.33. The summed E-state index contributed by atoms with van der Waals surface area (Å²) in [7, 11) is 0. The molecule has 0 unspecified atom stereocenters. The maximum atomic E-state index is 12.3. The summed E-state index contributed by atoms with van der Waals surface area (Å²) in [4.78, 5) is 15.0. The van der Waals surface area contributed by atoms with Crippen molar-refractivity contribution in [2.24, 2.45) is 5.73 Å². The summed E-state index contributed by atoms with van der Waals surface area (Å²) in [6.07, 6.45) is -3.83. The zero-order valence-corrected chi connectivity index (χ0v) is 10.0. The second-order valence-electron chi connectivity index (χ2n) is 4.60. The second-order valence-corrected chi connectivity index (χ2v) is 4.60. The van der Waals surface area contributed by atoms with Gasteiger partial charge in [0.15, 0.2) is 0 Å². The fraction of sp³-hybridized carbons (Fsp3) is 0.455. The van der Waals surface area contributed by atoms with Crippen LogP contribution in [0.1, 0.15) is 29.9 Å². The van der Waals surface area contributed by atoms with E-state index in [-0.39, 0.29) is 12.2 Å². The highest BCUT2D eigenvalue weighted by Crippen LogP contribution is 2.28. The molecule has 1 amide bonds. The fourth-order valence-electron chi connectivity index (χ4n) is 1.09. The lowest BCUT2D eigenvalue weighted by Gasteiger charge is -2.18. The normalized spacial score (nSPS) is 12.3. The van der Waals surface area contributed by atoms with Crippen LogP contribution < -0.4 is 11.1 Å². The first kappa shape index (κ1) is 14.4. The minimum atomic E-state index is -4.46. The lowest BCUT2D eigenvalue weighted by Crippen LogP contribution is -2.45. The lowest BCUT2D eigenvalue weighted by molar-refractivity contribution is -0.137. The number of rotatable bonds is 3. The van der Waals surface area contributed by atoms with Crippen LogP contribution in [-0.4, -0.2) is 23.0 Å². The number of hydrogen-bond donors (Lipinski definition) is 2. The first-order chi connectivity index (χ1) is 8.09. The summed E-state index contributed by atoms with van der Waals surface area (Å²) in [6, 6.07) is 1.84. The summed E-state index contributed by atoms with van der Waals surface area (Å²) in [6.45, 7) is 3.63. The number of alkyl halides is 3. The molecule has 0 aliphatic heterocycles. The van der Waals surface area contributed by atoms with Gasteiger partial charge in [0.05, 0.1) is 5.56 Å². The van der Waals surface area contributed by atoms with Gasteiger partial charge in [-0.1, -0.05) is 0 Å². The third-order valence-electron chi connectivity index (χ3n) is 2.03. The molecule has 100 valence electrons. The summed E-state index contributed by atoms with van der Waals surface area (Å²) in [5.41, 5.74) is 4.10. The average molecular weight is 261 g/mol. The molecule has 1 aromatic rings. The molecule has 1 aromatic heterocycles. The Morgan fingerprint density at radius 3 is 2.39 bits per heavy atom. The van der Waals surface area contributed by atoms with Gasteiger partial charge in [0.2, 0.25) is 0 Å². The van der Waals surface area contributed by atoms with E-state index in [9.17, 15) is 18.0 Å². The lowest BCUT2D eigenvalue weighted by atomic mass is 10.1. The van der Waals surface area contributed by atoms with E-state index in [2.05, 4.69) is 10.3 Å². The van der Waals surface area contributed by atoms with Crippen molar-refractivity contribution in [2.75, 3.05) is 6.54 Å². The number of hydrogen-bond acceptors (Lipinski definition) is 3. The highest BCUT2D eigenvalue weighted by atomic mass is 19.4. The van der Waals surface area contributed by atoms with Crippen molar-refractivity contribution in [3.8, 4) is 0 Å². The van der Waals surface area contributed by atoms with Gasteiger partial charge in [-0.15, -0.1) is 0 Å². The topological polar surface area (TPSA) is 68.0 Å². The van der Waals surface area contributed by atoms with E-state index in [1.165, 1.54) is 0 Å². The molecule has 0 aliphatic rings. The van der Waals surface area contributed by atoms with Gasteiger partial charge >= 0.3 is 6.18 Å². The summed E-state index contributed by atoms with van der Waals surface area (Å²) in [5.74, 6) is -0.553. The monoisotopic (exact) mass is 261 g/mol. The van der Waals surface area contributed by atoms with Crippen LogP contribution in [0.2, 0.25) is 0 Å². The van der Waals surface area contributed by atoms with Crippen molar-refractivity contribution in [1.29, 1.82) is 0 Å². The predicted molar refractivity (Wildman–Crippen MR) is 59.8 cm³/mol. The Kier molecular flexibility index (Phi) is 3.95. The van der Waals surface area contributed by atoms with Crippen LogP contribution >= 0.6 is 0 Å². The number of aromatic nitrogens is 1. The highest BCUT2D eigenvalue weighted by molar-refractivity contribution is 5.92. The van der Waals surface area contributed by atoms with Gasteiger partial charge < -0.3 is 11.1 Å². The van der Waals surface area contributed by atoms with Crippen LogP contribution in [0.5, 0.6) is 0 Å². The number of halogens is 3. The van der Waals surface area contributed by atoms with Gasteiger partial charge in [-0.2, -0.15) is 13.2 Å². The largest absolute Gasteiger partial charge is 0.417 e. The van der Waals surface area contributed by atoms with E-state index in [0.717, 1.165) is 12.1 Å². The van der Waals surface area contributed by atoms with Crippen LogP contribution in [0.4, 0.5) is 13.2 Å². The maximum absolute atomic E-state index is 12.3. The molecular formula is C11H14F3N3O. The molecule has 3 N–H and O–H groups in total. The Hall–Kier alpha value is -1.63. The molecular weight excluding hydrogens is 247 g/mol. The molecule has 0 saturated carbocycles. The van der Waals surface area contributed by atoms with E-state index in [4.69, 9.17) is 5.73 Å². The van der Waals surface area contributed by atoms with Gasteiger partial charge in [-0.25, -0.2) is 0 Å². The molecule has 1 heterocycles. The van der Waals surface area contributed by atoms with E-state index in [1.807, 2.05) is 0 Å². The molecule has 0 bridgehead atoms. The minimum absolute atomic E-state index is 0.0766. The number of carbonyl (C=O) groups is 1. The number of carbonyl (C=O) groups excluding carboxylic acids is 1. The van der Waals surface area contributed by atoms with E-state index in [0.29, 0.717) is 6.20 Å². The molecule has 4 nitrogen and oxygen atoms in total. The average Bonchev–Trinajstić information content (AvgIpc) is 2.24. The van der Waals surface area contributed by atoms with Crippen LogP contribution in [0, 0.1) is 0 Å². The zero-order valence-electron chi connectivity index (χ0n) is 10.0. The maximum Gasteiger partial charge on any atom is 0.417 e. The van der Waals surface area contributed by atoms with Crippen molar-refractivity contribution in [1.82, 2.24) is 10.3 Å². The van der Waals surface area contributed by atoms with Crippen LogP contribution in [0.3, 0.4) is 0 Å². The van der Waals surface area contributed by atoms with Crippen molar-refractivity contribution < 1.29 is 18.0 Å². The van der Waals surface area contributed by atoms with Crippen LogP contribution in [-0.2, 0) is 6.18 Å². The second kappa shape index (κ2) is 4.93. The van der Waals surface area contributed by atoms with E-state index in [1.54, 1.807) is 13.8 Å². The molecule has 18 heavy (non-hydrogen) atoms. The Morgan fingerprint density at radius 1 is 1.39 bits per heavy atom. The molecule has 0 spiro atoms. The molecule has 0 atom stereocenters. The van der Waals surface area contributed by atoms with Gasteiger partial charge in [0, 0.05) is 18.3 Å². The standard InChI is InChI=1S/C11H14F3N3O/c1-10(2,15)6-17-9(18)8-4-3-7(5-16-8)11(12,13)14/h3-5H,6,15H2,1-2H3,(H,17,18). The van der Waals surface area contributed by atoms with E-state index < -0.39 is 23.2 Å². The number of pyridine rings is 1. The molecule has 1 rings (SSSR count). The van der Waals surface area contributed by atoms with Crippen LogP contribution in [0.15, 0.2) is 18.3 Å². The zero-order chi connectivity index (χ0) is 14.0. The SMILES string of the molecule is CC(C)(N)CNC(=O)c1ccc(C(F)(F)F)cn1. The molecule has 7 heteroatoms. The van der Waals surface area contributed by atoms with E-state index >= 15 is 0 Å². The Labute approximate surface area is 102 Å². The van der Waals surface area contributed by atoms with Crippen molar-refractivity contribution >= 4 is 5.91 Å². The van der Waals surface area contributed by atoms with Crippen molar-refractivity contribution in [3.63, 3.8) is 0 Å². The highest BCUT2D eigenvalue weighted by Gasteiger charge is 2.30. The summed E-state index contributed by atoms with van der Waals surface area (Å²) in [5, 5.41) is 2.49. The molecule has 0 radical (unpaired) electrons. The smallest absolute Gasteiger partial charge is 0.349 e. The van der Waals surface area contributed by atoms with Gasteiger partial charge in [0.25, 0.3) is 5.91 Å². The molecule has 0 aliphatic carbocycles. The Morgan fingerprint density at radius 2 is 2.00 bits per heavy atom. The van der Waals surface area contributed by atoms with Gasteiger partial charge in [0.1, 0.15) is 5.69 Å². The van der Waals surface area contributed by atoms with Crippen molar-refractivity contribution in [3.05, 3.63) is 29.6 Å². The van der Waals surface area contributed by atoms with Crippen molar-refractivity contribution in [2.45, 2.75) is 25.6 Å². The number of amides is 1. The minimum Gasteiger partial charge on any atom is -0.349 e. The van der Waals surface area contributed by atoms with Gasteiger partial charge in [-0.3, -0.25) is 9.78 Å². The van der Waals surface area contributed by atoms with Crippen LogP contribution in [0.25, 0.3) is 0 Å². The molecule has 0 fully saturated rings. The summed E-state index contributed by atoms with van der Waals surface area (Å²) < 4.78 is 36.8. The van der Waals surface area contributed by atoms with Gasteiger partial charge in [-0.05, 0) is 26.0 Å². The molecule has 0 saturated heterocycles. The number of nitrogens with zero attached hydrogens (tertiary/aromatic N) is 1. The first-order valence-electron chi connectivity index (χ1n) is 5.20.